The van der Waals surface area contributed by atoms with E-state index < -0.39 is 10.0 Å². The molecule has 0 N–H and O–H groups in total. The third kappa shape index (κ3) is 3.73. The highest BCUT2D eigenvalue weighted by molar-refractivity contribution is 8.01. The zero-order valence-electron chi connectivity index (χ0n) is 11.7. The molecule has 114 valence electrons. The first kappa shape index (κ1) is 16.6. The van der Waals surface area contributed by atoms with E-state index in [2.05, 4.69) is 0 Å². The number of benzene rings is 1. The highest BCUT2D eigenvalue weighted by Crippen LogP contribution is 2.43. The van der Waals surface area contributed by atoms with Crippen LogP contribution in [0.2, 0.25) is 5.02 Å². The molecule has 0 aliphatic heterocycles. The predicted molar refractivity (Wildman–Crippen MR) is 87.3 cm³/mol. The van der Waals surface area contributed by atoms with Crippen molar-refractivity contribution in [3.63, 3.8) is 0 Å². The van der Waals surface area contributed by atoms with Crippen molar-refractivity contribution in [1.29, 1.82) is 0 Å². The number of sulfonamides is 1. The third-order valence-corrected chi connectivity index (χ3v) is 7.44. The molecule has 0 bridgehead atoms. The highest BCUT2D eigenvalue weighted by atomic mass is 35.5. The van der Waals surface area contributed by atoms with Gasteiger partial charge in [0.15, 0.2) is 0 Å². The molecule has 1 heterocycles. The van der Waals surface area contributed by atoms with Crippen LogP contribution < -0.4 is 4.74 Å². The Labute approximate surface area is 137 Å². The van der Waals surface area contributed by atoms with Crippen molar-refractivity contribution < 1.29 is 13.2 Å². The number of nitrogens with zero attached hydrogens (tertiary/aromatic N) is 1. The molecule has 0 atom stereocenters. The smallest absolute Gasteiger partial charge is 0.252 e. The van der Waals surface area contributed by atoms with Gasteiger partial charge in [-0.2, -0.15) is 0 Å². The Kier molecular flexibility index (Phi) is 5.21. The van der Waals surface area contributed by atoms with Crippen LogP contribution in [0, 0.1) is 0 Å². The SMILES string of the molecule is COc1cc(S(=O)(=O)N(C)C)sc1Sc1ccc(Cl)cc1. The molecule has 1 aromatic heterocycles. The van der Waals surface area contributed by atoms with Crippen molar-refractivity contribution in [2.75, 3.05) is 21.2 Å². The topological polar surface area (TPSA) is 46.6 Å². The van der Waals surface area contributed by atoms with Crippen molar-refractivity contribution in [3.05, 3.63) is 35.4 Å². The molecule has 0 radical (unpaired) electrons. The summed E-state index contributed by atoms with van der Waals surface area (Å²) in [6, 6.07) is 8.90. The Bertz CT molecular complexity index is 724. The van der Waals surface area contributed by atoms with Crippen molar-refractivity contribution in [1.82, 2.24) is 4.31 Å². The lowest BCUT2D eigenvalue weighted by atomic mass is 10.4. The molecule has 21 heavy (non-hydrogen) atoms. The summed E-state index contributed by atoms with van der Waals surface area (Å²) in [5.74, 6) is 0.556. The van der Waals surface area contributed by atoms with Crippen molar-refractivity contribution in [3.8, 4) is 5.75 Å². The van der Waals surface area contributed by atoms with Crippen LogP contribution in [0.5, 0.6) is 5.75 Å². The van der Waals surface area contributed by atoms with E-state index >= 15 is 0 Å². The third-order valence-electron chi connectivity index (χ3n) is 2.62. The summed E-state index contributed by atoms with van der Waals surface area (Å²) in [4.78, 5) is 0.966. The maximum atomic E-state index is 12.2. The minimum atomic E-state index is -3.45. The number of hydrogen-bond donors (Lipinski definition) is 0. The van der Waals surface area contributed by atoms with Crippen molar-refractivity contribution >= 4 is 44.7 Å². The molecule has 2 rings (SSSR count). The summed E-state index contributed by atoms with van der Waals surface area (Å²) in [7, 11) is 1.09. The van der Waals surface area contributed by atoms with Gasteiger partial charge in [0.2, 0.25) is 0 Å². The fourth-order valence-electron chi connectivity index (χ4n) is 1.47. The first-order valence-electron chi connectivity index (χ1n) is 5.88. The molecular weight excluding hydrogens is 350 g/mol. The van der Waals surface area contributed by atoms with Gasteiger partial charge in [-0.1, -0.05) is 23.4 Å². The van der Waals surface area contributed by atoms with Crippen LogP contribution in [0.15, 0.2) is 43.6 Å². The van der Waals surface area contributed by atoms with Gasteiger partial charge in [-0.05, 0) is 24.3 Å². The monoisotopic (exact) mass is 363 g/mol. The molecule has 4 nitrogen and oxygen atoms in total. The summed E-state index contributed by atoms with van der Waals surface area (Å²) < 4.78 is 31.9. The minimum absolute atomic E-state index is 0.265. The Morgan fingerprint density at radius 1 is 1.24 bits per heavy atom. The minimum Gasteiger partial charge on any atom is -0.495 e. The lowest BCUT2D eigenvalue weighted by molar-refractivity contribution is 0.407. The van der Waals surface area contributed by atoms with Gasteiger partial charge in [0.25, 0.3) is 10.0 Å². The standard InChI is InChI=1S/C13H14ClNO3S3/c1-15(2)21(16,17)12-8-11(18-3)13(20-12)19-10-6-4-9(14)5-7-10/h4-8H,1-3H3. The van der Waals surface area contributed by atoms with Crippen LogP contribution >= 0.6 is 34.7 Å². The molecule has 0 saturated carbocycles. The van der Waals surface area contributed by atoms with E-state index in [9.17, 15) is 8.42 Å². The summed E-state index contributed by atoms with van der Waals surface area (Å²) in [5, 5.41) is 0.661. The maximum absolute atomic E-state index is 12.2. The van der Waals surface area contributed by atoms with E-state index in [4.69, 9.17) is 16.3 Å². The second-order valence-corrected chi connectivity index (χ2v) is 9.47. The Balaban J connectivity index is 2.36. The average Bonchev–Trinajstić information content (AvgIpc) is 2.85. The fourth-order valence-corrected chi connectivity index (χ4v) is 5.53. The fraction of sp³-hybridized carbons (Fsp3) is 0.231. The zero-order valence-corrected chi connectivity index (χ0v) is 14.9. The Morgan fingerprint density at radius 3 is 2.38 bits per heavy atom. The molecule has 8 heteroatoms. The van der Waals surface area contributed by atoms with Crippen molar-refractivity contribution in [2.24, 2.45) is 0 Å². The van der Waals surface area contributed by atoms with Gasteiger partial charge >= 0.3 is 0 Å². The van der Waals surface area contributed by atoms with Gasteiger partial charge in [0.05, 0.1) is 7.11 Å². The molecule has 2 aromatic rings. The number of methoxy groups -OCH3 is 1. The summed E-state index contributed by atoms with van der Waals surface area (Å²) >= 11 is 8.50. The molecule has 0 spiro atoms. The van der Waals surface area contributed by atoms with Gasteiger partial charge in [-0.3, -0.25) is 0 Å². The predicted octanol–water partition coefficient (Wildman–Crippen LogP) is 3.81. The van der Waals surface area contributed by atoms with Gasteiger partial charge in [-0.25, -0.2) is 12.7 Å². The number of rotatable bonds is 5. The number of halogens is 1. The van der Waals surface area contributed by atoms with Crippen LogP contribution in [0.4, 0.5) is 0 Å². The molecule has 1 aromatic carbocycles. The first-order valence-corrected chi connectivity index (χ1v) is 9.33. The van der Waals surface area contributed by atoms with E-state index in [0.29, 0.717) is 10.8 Å². The Hall–Kier alpha value is -0.730. The van der Waals surface area contributed by atoms with Crippen LogP contribution in [0.1, 0.15) is 0 Å². The van der Waals surface area contributed by atoms with Crippen molar-refractivity contribution in [2.45, 2.75) is 13.3 Å². The lowest BCUT2D eigenvalue weighted by Crippen LogP contribution is -2.21. The number of hydrogen-bond acceptors (Lipinski definition) is 5. The van der Waals surface area contributed by atoms with E-state index in [0.717, 1.165) is 9.10 Å². The largest absolute Gasteiger partial charge is 0.495 e. The molecule has 0 amide bonds. The summed E-state index contributed by atoms with van der Waals surface area (Å²) in [5.41, 5.74) is 0. The molecule has 0 fully saturated rings. The lowest BCUT2D eigenvalue weighted by Gasteiger charge is -2.08. The summed E-state index contributed by atoms with van der Waals surface area (Å²) in [6.07, 6.45) is 0. The maximum Gasteiger partial charge on any atom is 0.252 e. The van der Waals surface area contributed by atoms with E-state index in [1.807, 2.05) is 12.1 Å². The number of thiophene rings is 1. The molecular formula is C13H14ClNO3S3. The second kappa shape index (κ2) is 6.58. The van der Waals surface area contributed by atoms with E-state index in [-0.39, 0.29) is 4.21 Å². The molecule has 0 aliphatic carbocycles. The van der Waals surface area contributed by atoms with Gasteiger partial charge < -0.3 is 4.74 Å². The van der Waals surface area contributed by atoms with Crippen LogP contribution in [0.25, 0.3) is 0 Å². The molecule has 0 saturated heterocycles. The van der Waals surface area contributed by atoms with Gasteiger partial charge in [-0.15, -0.1) is 11.3 Å². The van der Waals surface area contributed by atoms with Crippen LogP contribution in [-0.4, -0.2) is 33.9 Å². The number of ether oxygens (including phenoxy) is 1. The Morgan fingerprint density at radius 2 is 1.86 bits per heavy atom. The van der Waals surface area contributed by atoms with E-state index in [1.165, 1.54) is 48.6 Å². The van der Waals surface area contributed by atoms with Crippen LogP contribution in [0.3, 0.4) is 0 Å². The second-order valence-electron chi connectivity index (χ2n) is 4.26. The van der Waals surface area contributed by atoms with Gasteiger partial charge in [0, 0.05) is 30.1 Å². The highest BCUT2D eigenvalue weighted by Gasteiger charge is 2.23. The molecule has 0 aliphatic rings. The normalized spacial score (nSPS) is 11.9. The van der Waals surface area contributed by atoms with Gasteiger partial charge in [0.1, 0.15) is 14.2 Å². The van der Waals surface area contributed by atoms with E-state index in [1.54, 1.807) is 18.2 Å². The quantitative estimate of drug-likeness (QED) is 0.810. The first-order chi connectivity index (χ1) is 9.84. The van der Waals surface area contributed by atoms with Crippen LogP contribution in [-0.2, 0) is 10.0 Å². The average molecular weight is 364 g/mol. The summed E-state index contributed by atoms with van der Waals surface area (Å²) in [6.45, 7) is 0. The zero-order chi connectivity index (χ0) is 15.6. The molecule has 0 unspecified atom stereocenters.